The van der Waals surface area contributed by atoms with Gasteiger partial charge in [0.05, 0.1) is 10.6 Å². The summed E-state index contributed by atoms with van der Waals surface area (Å²) in [6.07, 6.45) is 3.56. The van der Waals surface area contributed by atoms with E-state index in [0.29, 0.717) is 12.5 Å². The highest BCUT2D eigenvalue weighted by Crippen LogP contribution is 2.26. The second-order valence-corrected chi connectivity index (χ2v) is 10.4. The molecule has 2 heterocycles. The van der Waals surface area contributed by atoms with E-state index in [4.69, 9.17) is 0 Å². The molecule has 0 spiro atoms. The zero-order valence-corrected chi connectivity index (χ0v) is 16.7. The first-order valence-electron chi connectivity index (χ1n) is 9.41. The van der Waals surface area contributed by atoms with Crippen LogP contribution in [0, 0.1) is 5.92 Å². The minimum absolute atomic E-state index is 0.0232. The Morgan fingerprint density at radius 2 is 1.88 bits per heavy atom. The summed E-state index contributed by atoms with van der Waals surface area (Å²) in [5.74, 6) is 2.75. The van der Waals surface area contributed by atoms with Crippen molar-refractivity contribution in [2.45, 2.75) is 36.6 Å². The number of rotatable bonds is 7. The highest BCUT2D eigenvalue weighted by Gasteiger charge is 2.27. The molecule has 0 radical (unpaired) electrons. The smallest absolute Gasteiger partial charge is 0.221 e. The van der Waals surface area contributed by atoms with Gasteiger partial charge in [0.15, 0.2) is 9.84 Å². The third kappa shape index (κ3) is 5.47. The van der Waals surface area contributed by atoms with Crippen molar-refractivity contribution in [3.8, 4) is 0 Å². The van der Waals surface area contributed by atoms with Crippen LogP contribution in [-0.2, 0) is 14.6 Å². The molecule has 1 N–H and O–H groups in total. The van der Waals surface area contributed by atoms with Crippen LogP contribution in [0.1, 0.15) is 25.7 Å². The predicted molar refractivity (Wildman–Crippen MR) is 106 cm³/mol. The second kappa shape index (κ2) is 9.24. The van der Waals surface area contributed by atoms with Crippen molar-refractivity contribution in [3.05, 3.63) is 30.3 Å². The zero-order valence-electron chi connectivity index (χ0n) is 15.1. The molecule has 5 nitrogen and oxygen atoms in total. The molecule has 1 amide bonds. The standard InChI is InChI=1S/C19H28N2O3S2/c22-19(9-13-26(23,24)18-4-2-1-3-5-18)20-14-16-6-10-21(11-7-16)17-8-12-25-15-17/h1-5,16-17H,6-15H2,(H,20,22)/t17-/m1/s1. The number of nitrogens with zero attached hydrogens (tertiary/aromatic N) is 1. The minimum Gasteiger partial charge on any atom is -0.356 e. The van der Waals surface area contributed by atoms with Gasteiger partial charge in [-0.3, -0.25) is 9.69 Å². The van der Waals surface area contributed by atoms with E-state index in [-0.39, 0.29) is 23.0 Å². The number of piperidine rings is 1. The number of hydrogen-bond donors (Lipinski definition) is 1. The van der Waals surface area contributed by atoms with Crippen molar-refractivity contribution in [2.75, 3.05) is 36.9 Å². The van der Waals surface area contributed by atoms with E-state index in [1.54, 1.807) is 30.3 Å². The first-order chi connectivity index (χ1) is 12.5. The Bertz CT molecular complexity index is 680. The Kier molecular flexibility index (Phi) is 7.00. The fourth-order valence-electron chi connectivity index (χ4n) is 3.65. The first-order valence-corrected chi connectivity index (χ1v) is 12.2. The Hall–Kier alpha value is -1.05. The van der Waals surface area contributed by atoms with Crippen molar-refractivity contribution in [1.29, 1.82) is 0 Å². The summed E-state index contributed by atoms with van der Waals surface area (Å²) < 4.78 is 24.4. The largest absolute Gasteiger partial charge is 0.356 e. The summed E-state index contributed by atoms with van der Waals surface area (Å²) in [7, 11) is -3.38. The van der Waals surface area contributed by atoms with E-state index in [2.05, 4.69) is 10.2 Å². The average Bonchev–Trinajstić information content (AvgIpc) is 3.21. The lowest BCUT2D eigenvalue weighted by atomic mass is 9.95. The van der Waals surface area contributed by atoms with Gasteiger partial charge < -0.3 is 5.32 Å². The van der Waals surface area contributed by atoms with Crippen molar-refractivity contribution < 1.29 is 13.2 Å². The molecule has 0 unspecified atom stereocenters. The number of nitrogens with one attached hydrogen (secondary N) is 1. The molecular formula is C19H28N2O3S2. The van der Waals surface area contributed by atoms with Crippen LogP contribution in [0.25, 0.3) is 0 Å². The number of likely N-dealkylation sites (tertiary alicyclic amines) is 1. The predicted octanol–water partition coefficient (Wildman–Crippen LogP) is 2.18. The van der Waals surface area contributed by atoms with Gasteiger partial charge >= 0.3 is 0 Å². The number of carbonyl (C=O) groups excluding carboxylic acids is 1. The molecule has 144 valence electrons. The third-order valence-electron chi connectivity index (χ3n) is 5.36. The van der Waals surface area contributed by atoms with Gasteiger partial charge in [0.25, 0.3) is 0 Å². The molecule has 2 saturated heterocycles. The molecule has 2 fully saturated rings. The minimum atomic E-state index is -3.38. The number of amides is 1. The molecule has 2 aliphatic rings. The Balaban J connectivity index is 1.36. The number of carbonyl (C=O) groups is 1. The maximum absolute atomic E-state index is 12.2. The van der Waals surface area contributed by atoms with Crippen LogP contribution in [0.2, 0.25) is 0 Å². The number of sulfone groups is 1. The molecule has 7 heteroatoms. The van der Waals surface area contributed by atoms with Gasteiger partial charge in [0, 0.05) is 24.8 Å². The summed E-state index contributed by atoms with van der Waals surface area (Å²) in [5.41, 5.74) is 0. The van der Waals surface area contributed by atoms with Crippen LogP contribution in [0.4, 0.5) is 0 Å². The highest BCUT2D eigenvalue weighted by atomic mass is 32.2. The molecule has 0 bridgehead atoms. The third-order valence-corrected chi connectivity index (χ3v) is 8.24. The summed E-state index contributed by atoms with van der Waals surface area (Å²) in [4.78, 5) is 14.9. The van der Waals surface area contributed by atoms with Crippen molar-refractivity contribution in [2.24, 2.45) is 5.92 Å². The maximum Gasteiger partial charge on any atom is 0.221 e. The Morgan fingerprint density at radius 3 is 2.54 bits per heavy atom. The molecule has 1 aromatic rings. The van der Waals surface area contributed by atoms with Gasteiger partial charge in [-0.1, -0.05) is 18.2 Å². The van der Waals surface area contributed by atoms with E-state index >= 15 is 0 Å². The van der Waals surface area contributed by atoms with Crippen LogP contribution in [-0.4, -0.2) is 62.2 Å². The first kappa shape index (κ1) is 19.7. The van der Waals surface area contributed by atoms with Gasteiger partial charge in [0.1, 0.15) is 0 Å². The van der Waals surface area contributed by atoms with Crippen LogP contribution in [0.15, 0.2) is 35.2 Å². The summed E-state index contributed by atoms with van der Waals surface area (Å²) in [6.45, 7) is 2.90. The molecule has 1 aromatic carbocycles. The quantitative estimate of drug-likeness (QED) is 0.765. The van der Waals surface area contributed by atoms with E-state index in [0.717, 1.165) is 32.0 Å². The topological polar surface area (TPSA) is 66.5 Å². The Morgan fingerprint density at radius 1 is 1.15 bits per heavy atom. The van der Waals surface area contributed by atoms with E-state index in [1.807, 2.05) is 11.8 Å². The van der Waals surface area contributed by atoms with Crippen LogP contribution in [0.5, 0.6) is 0 Å². The fourth-order valence-corrected chi connectivity index (χ4v) is 6.17. The monoisotopic (exact) mass is 396 g/mol. The normalized spacial score (nSPS) is 22.4. The number of benzene rings is 1. The molecule has 1 atom stereocenters. The number of thioether (sulfide) groups is 1. The second-order valence-electron chi connectivity index (χ2n) is 7.18. The Labute approximate surface area is 160 Å². The maximum atomic E-state index is 12.2. The highest BCUT2D eigenvalue weighted by molar-refractivity contribution is 7.99. The van der Waals surface area contributed by atoms with Crippen LogP contribution in [0.3, 0.4) is 0 Å². The molecule has 0 aromatic heterocycles. The van der Waals surface area contributed by atoms with Crippen molar-refractivity contribution in [1.82, 2.24) is 10.2 Å². The molecule has 3 rings (SSSR count). The number of hydrogen-bond acceptors (Lipinski definition) is 5. The van der Waals surface area contributed by atoms with E-state index in [9.17, 15) is 13.2 Å². The zero-order chi connectivity index (χ0) is 18.4. The summed E-state index contributed by atoms with van der Waals surface area (Å²) >= 11 is 2.05. The molecular weight excluding hydrogens is 368 g/mol. The van der Waals surface area contributed by atoms with Gasteiger partial charge in [-0.15, -0.1) is 0 Å². The average molecular weight is 397 g/mol. The van der Waals surface area contributed by atoms with Crippen LogP contribution >= 0.6 is 11.8 Å². The fraction of sp³-hybridized carbons (Fsp3) is 0.632. The summed E-state index contributed by atoms with van der Waals surface area (Å²) in [6, 6.07) is 9.07. The molecule has 0 aliphatic carbocycles. The molecule has 0 saturated carbocycles. The van der Waals surface area contributed by atoms with Crippen molar-refractivity contribution in [3.63, 3.8) is 0 Å². The molecule has 26 heavy (non-hydrogen) atoms. The van der Waals surface area contributed by atoms with Gasteiger partial charge in [-0.25, -0.2) is 8.42 Å². The van der Waals surface area contributed by atoms with E-state index in [1.165, 1.54) is 17.9 Å². The van der Waals surface area contributed by atoms with Gasteiger partial charge in [0.2, 0.25) is 5.91 Å². The molecule has 2 aliphatic heterocycles. The van der Waals surface area contributed by atoms with Gasteiger partial charge in [-0.2, -0.15) is 11.8 Å². The lowest BCUT2D eigenvalue weighted by Gasteiger charge is -2.35. The van der Waals surface area contributed by atoms with Gasteiger partial charge in [-0.05, 0) is 56.2 Å². The lowest BCUT2D eigenvalue weighted by Crippen LogP contribution is -2.43. The van der Waals surface area contributed by atoms with Crippen molar-refractivity contribution >= 4 is 27.5 Å². The summed E-state index contributed by atoms with van der Waals surface area (Å²) in [5, 5.41) is 2.93. The SMILES string of the molecule is O=C(CCS(=O)(=O)c1ccccc1)NCC1CCN([C@@H]2CCSC2)CC1. The lowest BCUT2D eigenvalue weighted by molar-refractivity contribution is -0.121. The van der Waals surface area contributed by atoms with E-state index < -0.39 is 9.84 Å². The van der Waals surface area contributed by atoms with Crippen LogP contribution < -0.4 is 5.32 Å².